The van der Waals surface area contributed by atoms with Crippen molar-refractivity contribution >= 4 is 56.0 Å². The summed E-state index contributed by atoms with van der Waals surface area (Å²) in [5.41, 5.74) is 8.96. The normalized spacial score (nSPS) is 10.8. The number of anilines is 1. The molecule has 0 spiro atoms. The third kappa shape index (κ3) is 4.66. The minimum atomic E-state index is -0.0610. The van der Waals surface area contributed by atoms with Crippen molar-refractivity contribution in [2.45, 2.75) is 25.2 Å². The van der Waals surface area contributed by atoms with Crippen molar-refractivity contribution in [2.75, 3.05) is 11.2 Å². The quantitative estimate of drug-likeness (QED) is 0.448. The number of aromatic nitrogens is 1. The van der Waals surface area contributed by atoms with Crippen LogP contribution in [0.5, 0.6) is 0 Å². The molecule has 0 saturated carbocycles. The summed E-state index contributed by atoms with van der Waals surface area (Å²) in [7, 11) is 0. The Hall–Kier alpha value is -1.76. The molecule has 0 aliphatic carbocycles. The van der Waals surface area contributed by atoms with Crippen molar-refractivity contribution in [1.82, 2.24) is 10.4 Å². The van der Waals surface area contributed by atoms with E-state index in [4.69, 9.17) is 11.6 Å². The van der Waals surface area contributed by atoms with E-state index >= 15 is 0 Å². The average molecular weight is 392 g/mol. The summed E-state index contributed by atoms with van der Waals surface area (Å²) >= 11 is 9.03. The number of nitrogens with one attached hydrogen (secondary N) is 2. The van der Waals surface area contributed by atoms with Crippen LogP contribution in [-0.4, -0.2) is 16.6 Å². The predicted molar refractivity (Wildman–Crippen MR) is 108 cm³/mol. The molecule has 0 saturated heterocycles. The van der Waals surface area contributed by atoms with Crippen LogP contribution >= 0.6 is 34.7 Å². The lowest BCUT2D eigenvalue weighted by Crippen LogP contribution is -2.29. The number of amides is 1. The molecule has 130 valence electrons. The van der Waals surface area contributed by atoms with Crippen LogP contribution in [0.4, 0.5) is 5.13 Å². The van der Waals surface area contributed by atoms with Crippen LogP contribution in [0.25, 0.3) is 10.2 Å². The molecule has 2 N–H and O–H groups in total. The number of hydrogen-bond acceptors (Lipinski definition) is 5. The molecule has 1 aromatic heterocycles. The van der Waals surface area contributed by atoms with Crippen LogP contribution in [0.3, 0.4) is 0 Å². The van der Waals surface area contributed by atoms with E-state index in [1.54, 1.807) is 23.1 Å². The molecule has 1 heterocycles. The molecule has 3 rings (SSSR count). The number of hydrogen-bond donors (Lipinski definition) is 2. The zero-order valence-corrected chi connectivity index (χ0v) is 16.3. The average Bonchev–Trinajstić information content (AvgIpc) is 3.04. The van der Waals surface area contributed by atoms with E-state index in [9.17, 15) is 4.79 Å². The first-order valence-electron chi connectivity index (χ1n) is 7.83. The van der Waals surface area contributed by atoms with Crippen molar-refractivity contribution in [3.63, 3.8) is 0 Å². The summed E-state index contributed by atoms with van der Waals surface area (Å²) in [5.74, 6) is 0.641. The predicted octanol–water partition coefficient (Wildman–Crippen LogP) is 5.19. The number of rotatable bonds is 6. The highest BCUT2D eigenvalue weighted by Gasteiger charge is 2.09. The van der Waals surface area contributed by atoms with E-state index in [1.165, 1.54) is 5.56 Å². The van der Waals surface area contributed by atoms with Crippen LogP contribution < -0.4 is 10.9 Å². The standard InChI is InChI=1S/C18H18ClN3OS2/c1-11-3-4-12(2)17-16(11)20-18(25-17)22-21-15(23)9-10-24-14-7-5-13(19)6-8-14/h3-8H,9-10H2,1-2H3,(H,20,22)(H,21,23). The number of fused-ring (bicyclic) bond motifs is 1. The Bertz CT molecular complexity index is 854. The smallest absolute Gasteiger partial charge is 0.239 e. The number of thiazole rings is 1. The number of halogens is 1. The highest BCUT2D eigenvalue weighted by atomic mass is 35.5. The lowest BCUT2D eigenvalue weighted by atomic mass is 10.1. The maximum atomic E-state index is 12.0. The Morgan fingerprint density at radius 1 is 1.16 bits per heavy atom. The Morgan fingerprint density at radius 2 is 1.88 bits per heavy atom. The van der Waals surface area contributed by atoms with Crippen LogP contribution in [0, 0.1) is 13.8 Å². The van der Waals surface area contributed by atoms with E-state index in [2.05, 4.69) is 34.9 Å². The molecule has 0 radical (unpaired) electrons. The number of aryl methyl sites for hydroxylation is 2. The Kier molecular flexibility index (Phi) is 5.83. The van der Waals surface area contributed by atoms with Gasteiger partial charge in [0, 0.05) is 22.1 Å². The van der Waals surface area contributed by atoms with Crippen LogP contribution in [-0.2, 0) is 4.79 Å². The molecule has 2 aromatic carbocycles. The van der Waals surface area contributed by atoms with Gasteiger partial charge in [-0.15, -0.1) is 11.8 Å². The van der Waals surface area contributed by atoms with Crippen molar-refractivity contribution < 1.29 is 4.79 Å². The zero-order chi connectivity index (χ0) is 17.8. The lowest BCUT2D eigenvalue weighted by molar-refractivity contribution is -0.120. The highest BCUT2D eigenvalue weighted by Crippen LogP contribution is 2.30. The van der Waals surface area contributed by atoms with Gasteiger partial charge in [0.15, 0.2) is 0 Å². The van der Waals surface area contributed by atoms with Gasteiger partial charge in [-0.2, -0.15) is 0 Å². The first-order chi connectivity index (χ1) is 12.0. The van der Waals surface area contributed by atoms with E-state index < -0.39 is 0 Å². The van der Waals surface area contributed by atoms with Gasteiger partial charge in [0.2, 0.25) is 11.0 Å². The summed E-state index contributed by atoms with van der Waals surface area (Å²) in [4.78, 5) is 17.6. The second kappa shape index (κ2) is 8.08. The van der Waals surface area contributed by atoms with Gasteiger partial charge in [-0.1, -0.05) is 35.1 Å². The van der Waals surface area contributed by atoms with Crippen molar-refractivity contribution in [1.29, 1.82) is 0 Å². The molecule has 0 unspecified atom stereocenters. The molecule has 0 atom stereocenters. The third-order valence-electron chi connectivity index (χ3n) is 3.66. The maximum absolute atomic E-state index is 12.0. The van der Waals surface area contributed by atoms with Crippen LogP contribution in [0.15, 0.2) is 41.3 Å². The number of carbonyl (C=O) groups is 1. The van der Waals surface area contributed by atoms with Crippen LogP contribution in [0.1, 0.15) is 17.5 Å². The van der Waals surface area contributed by atoms with Gasteiger partial charge in [0.1, 0.15) is 0 Å². The molecule has 0 bridgehead atoms. The lowest BCUT2D eigenvalue weighted by Gasteiger charge is -2.05. The van der Waals surface area contributed by atoms with Gasteiger partial charge in [-0.3, -0.25) is 15.6 Å². The van der Waals surface area contributed by atoms with Gasteiger partial charge < -0.3 is 0 Å². The van der Waals surface area contributed by atoms with Gasteiger partial charge in [0.25, 0.3) is 0 Å². The van der Waals surface area contributed by atoms with Gasteiger partial charge in [-0.25, -0.2) is 4.98 Å². The second-order valence-electron chi connectivity index (χ2n) is 5.62. The number of benzene rings is 2. The molecular formula is C18H18ClN3OS2. The molecule has 7 heteroatoms. The van der Waals surface area contributed by atoms with Gasteiger partial charge >= 0.3 is 0 Å². The molecule has 0 aliphatic rings. The Labute approximate surface area is 160 Å². The molecular weight excluding hydrogens is 374 g/mol. The van der Waals surface area contributed by atoms with Crippen molar-refractivity contribution in [3.05, 3.63) is 52.5 Å². The Morgan fingerprint density at radius 3 is 2.60 bits per heavy atom. The number of carbonyl (C=O) groups excluding carboxylic acids is 1. The van der Waals surface area contributed by atoms with E-state index in [-0.39, 0.29) is 5.91 Å². The fourth-order valence-electron chi connectivity index (χ4n) is 2.29. The number of hydrazine groups is 1. The fraction of sp³-hybridized carbons (Fsp3) is 0.222. The summed E-state index contributed by atoms with van der Waals surface area (Å²) < 4.78 is 1.15. The monoisotopic (exact) mass is 391 g/mol. The van der Waals surface area contributed by atoms with E-state index in [1.807, 2.05) is 31.2 Å². The molecule has 3 aromatic rings. The van der Waals surface area contributed by atoms with Crippen molar-refractivity contribution in [3.8, 4) is 0 Å². The van der Waals surface area contributed by atoms with Crippen molar-refractivity contribution in [2.24, 2.45) is 0 Å². The van der Waals surface area contributed by atoms with Crippen LogP contribution in [0.2, 0.25) is 5.02 Å². The third-order valence-corrected chi connectivity index (χ3v) is 6.03. The Balaban J connectivity index is 1.50. The van der Waals surface area contributed by atoms with Gasteiger partial charge in [0.05, 0.1) is 10.2 Å². The summed E-state index contributed by atoms with van der Waals surface area (Å²) in [6.45, 7) is 4.11. The molecule has 1 amide bonds. The molecule has 25 heavy (non-hydrogen) atoms. The fourth-order valence-corrected chi connectivity index (χ4v) is 4.23. The number of nitrogens with zero attached hydrogens (tertiary/aromatic N) is 1. The first-order valence-corrected chi connectivity index (χ1v) is 10.0. The molecule has 4 nitrogen and oxygen atoms in total. The summed E-state index contributed by atoms with van der Waals surface area (Å²) in [5, 5.41) is 1.42. The van der Waals surface area contributed by atoms with E-state index in [0.29, 0.717) is 22.3 Å². The maximum Gasteiger partial charge on any atom is 0.239 e. The first kappa shape index (κ1) is 18.0. The minimum Gasteiger partial charge on any atom is -0.273 e. The van der Waals surface area contributed by atoms with E-state index in [0.717, 1.165) is 20.7 Å². The summed E-state index contributed by atoms with van der Waals surface area (Å²) in [6, 6.07) is 11.8. The molecule has 0 aliphatic heterocycles. The summed E-state index contributed by atoms with van der Waals surface area (Å²) in [6.07, 6.45) is 0.420. The topological polar surface area (TPSA) is 54.0 Å². The second-order valence-corrected chi connectivity index (χ2v) is 8.23. The highest BCUT2D eigenvalue weighted by molar-refractivity contribution is 7.99. The zero-order valence-electron chi connectivity index (χ0n) is 13.9. The molecule has 0 fully saturated rings. The SMILES string of the molecule is Cc1ccc(C)c2sc(NNC(=O)CCSc3ccc(Cl)cc3)nc12. The largest absolute Gasteiger partial charge is 0.273 e. The minimum absolute atomic E-state index is 0.0610. The van der Waals surface area contributed by atoms with Gasteiger partial charge in [-0.05, 0) is 49.2 Å². The number of thioether (sulfide) groups is 1.